The lowest BCUT2D eigenvalue weighted by atomic mass is 10.1. The number of ether oxygens (including phenoxy) is 1. The zero-order valence-corrected chi connectivity index (χ0v) is 11.6. The molecule has 0 spiro atoms. The second-order valence-corrected chi connectivity index (χ2v) is 4.80. The number of aromatic nitrogens is 2. The fourth-order valence-corrected chi connectivity index (χ4v) is 2.24. The predicted octanol–water partition coefficient (Wildman–Crippen LogP) is 3.97. The van der Waals surface area contributed by atoms with Gasteiger partial charge in [0.05, 0.1) is 16.4 Å². The van der Waals surface area contributed by atoms with Gasteiger partial charge in [-0.1, -0.05) is 35.9 Å². The Morgan fingerprint density at radius 3 is 2.50 bits per heavy atom. The molecule has 0 amide bonds. The molecule has 0 radical (unpaired) electrons. The zero-order valence-electron chi connectivity index (χ0n) is 10.8. The first-order valence-electron chi connectivity index (χ1n) is 6.10. The van der Waals surface area contributed by atoms with Crippen LogP contribution in [0.1, 0.15) is 5.69 Å². The fraction of sp³-hybridized carbons (Fsp3) is 0.0667. The van der Waals surface area contributed by atoms with E-state index in [1.54, 1.807) is 18.2 Å². The highest BCUT2D eigenvalue weighted by Gasteiger charge is 2.12. The lowest BCUT2D eigenvalue weighted by molar-refractivity contribution is 0.463. The second kappa shape index (κ2) is 4.98. The van der Waals surface area contributed by atoms with Gasteiger partial charge in [-0.25, -0.2) is 0 Å². The van der Waals surface area contributed by atoms with Crippen molar-refractivity contribution in [3.8, 4) is 11.6 Å². The van der Waals surface area contributed by atoms with Crippen LogP contribution in [-0.4, -0.2) is 10.2 Å². The lowest BCUT2D eigenvalue weighted by Crippen LogP contribution is -1.98. The van der Waals surface area contributed by atoms with Gasteiger partial charge >= 0.3 is 0 Å². The highest BCUT2D eigenvalue weighted by molar-refractivity contribution is 6.32. The Labute approximate surface area is 121 Å². The minimum atomic E-state index is 0.394. The molecular formula is C15H12ClN3O. The molecule has 3 rings (SSSR count). The van der Waals surface area contributed by atoms with Crippen molar-refractivity contribution >= 4 is 28.1 Å². The highest BCUT2D eigenvalue weighted by Crippen LogP contribution is 2.36. The van der Waals surface area contributed by atoms with Gasteiger partial charge in [0.25, 0.3) is 0 Å². The molecule has 4 nitrogen and oxygen atoms in total. The normalized spacial score (nSPS) is 10.7. The van der Waals surface area contributed by atoms with Gasteiger partial charge in [-0.3, -0.25) is 0 Å². The highest BCUT2D eigenvalue weighted by atomic mass is 35.5. The number of aryl methyl sites for hydroxylation is 1. The van der Waals surface area contributed by atoms with E-state index < -0.39 is 0 Å². The van der Waals surface area contributed by atoms with Crippen LogP contribution < -0.4 is 10.5 Å². The van der Waals surface area contributed by atoms with Crippen LogP contribution >= 0.6 is 11.6 Å². The van der Waals surface area contributed by atoms with Crippen molar-refractivity contribution in [3.63, 3.8) is 0 Å². The van der Waals surface area contributed by atoms with E-state index in [1.807, 2.05) is 31.2 Å². The van der Waals surface area contributed by atoms with Crippen LogP contribution in [0.25, 0.3) is 10.8 Å². The Kier molecular flexibility index (Phi) is 3.16. The van der Waals surface area contributed by atoms with Gasteiger partial charge in [-0.05, 0) is 25.1 Å². The number of nitrogens with zero attached hydrogens (tertiary/aromatic N) is 2. The number of rotatable bonds is 2. The molecule has 0 saturated heterocycles. The lowest BCUT2D eigenvalue weighted by Gasteiger charge is -2.11. The molecule has 0 atom stereocenters. The number of nitrogens with two attached hydrogens (primary N) is 1. The zero-order chi connectivity index (χ0) is 14.1. The van der Waals surface area contributed by atoms with Crippen LogP contribution in [0.3, 0.4) is 0 Å². The minimum Gasteiger partial charge on any atom is -0.433 e. The van der Waals surface area contributed by atoms with Crippen molar-refractivity contribution in [2.24, 2.45) is 0 Å². The third-order valence-corrected chi connectivity index (χ3v) is 3.33. The smallest absolute Gasteiger partial charge is 0.246 e. The largest absolute Gasteiger partial charge is 0.433 e. The van der Waals surface area contributed by atoms with Crippen molar-refractivity contribution in [1.82, 2.24) is 10.2 Å². The number of hydrogen-bond donors (Lipinski definition) is 1. The molecule has 5 heteroatoms. The summed E-state index contributed by atoms with van der Waals surface area (Å²) < 4.78 is 5.78. The van der Waals surface area contributed by atoms with E-state index >= 15 is 0 Å². The summed E-state index contributed by atoms with van der Waals surface area (Å²) in [5.41, 5.74) is 7.19. The first kappa shape index (κ1) is 12.7. The molecular weight excluding hydrogens is 274 g/mol. The maximum absolute atomic E-state index is 6.11. The number of para-hydroxylation sites is 1. The molecule has 2 aromatic carbocycles. The van der Waals surface area contributed by atoms with Gasteiger partial charge in [-0.2, -0.15) is 5.10 Å². The van der Waals surface area contributed by atoms with Crippen LogP contribution in [0.4, 0.5) is 5.69 Å². The maximum Gasteiger partial charge on any atom is 0.246 e. The molecule has 0 aliphatic rings. The van der Waals surface area contributed by atoms with Crippen LogP contribution in [0.15, 0.2) is 42.5 Å². The summed E-state index contributed by atoms with van der Waals surface area (Å²) in [6, 6.07) is 13.0. The molecule has 0 saturated carbocycles. The summed E-state index contributed by atoms with van der Waals surface area (Å²) in [7, 11) is 0. The Balaban J connectivity index is 2.14. The van der Waals surface area contributed by atoms with E-state index in [0.29, 0.717) is 22.3 Å². The fourth-order valence-electron chi connectivity index (χ4n) is 2.02. The van der Waals surface area contributed by atoms with E-state index in [4.69, 9.17) is 22.1 Å². The number of nitrogen functional groups attached to an aromatic ring is 1. The van der Waals surface area contributed by atoms with Crippen LogP contribution in [-0.2, 0) is 0 Å². The van der Waals surface area contributed by atoms with Crippen molar-refractivity contribution in [1.29, 1.82) is 0 Å². The third-order valence-electron chi connectivity index (χ3n) is 3.03. The molecule has 100 valence electrons. The number of fused-ring (bicyclic) bond motifs is 1. The summed E-state index contributed by atoms with van der Waals surface area (Å²) in [6.45, 7) is 1.91. The summed E-state index contributed by atoms with van der Waals surface area (Å²) >= 11 is 6.11. The van der Waals surface area contributed by atoms with E-state index in [1.165, 1.54) is 0 Å². The molecule has 0 fully saturated rings. The molecule has 3 aromatic rings. The van der Waals surface area contributed by atoms with Gasteiger partial charge < -0.3 is 10.5 Å². The standard InChI is InChI=1S/C15H12ClN3O/c1-9-10-5-2-3-6-11(10)15(19-18-9)20-14-12(16)7-4-8-13(14)17/h2-8H,17H2,1H3. The van der Waals surface area contributed by atoms with Crippen LogP contribution in [0.2, 0.25) is 5.02 Å². The predicted molar refractivity (Wildman–Crippen MR) is 80.2 cm³/mol. The average Bonchev–Trinajstić information content (AvgIpc) is 2.46. The van der Waals surface area contributed by atoms with Gasteiger partial charge in [0, 0.05) is 10.8 Å². The maximum atomic E-state index is 6.11. The molecule has 2 N–H and O–H groups in total. The van der Waals surface area contributed by atoms with E-state index in [0.717, 1.165) is 16.5 Å². The van der Waals surface area contributed by atoms with E-state index in [2.05, 4.69) is 10.2 Å². The second-order valence-electron chi connectivity index (χ2n) is 4.40. The van der Waals surface area contributed by atoms with Gasteiger partial charge in [0.15, 0.2) is 5.75 Å². The van der Waals surface area contributed by atoms with Crippen molar-refractivity contribution in [2.45, 2.75) is 6.92 Å². The quantitative estimate of drug-likeness (QED) is 0.724. The molecule has 20 heavy (non-hydrogen) atoms. The molecule has 0 unspecified atom stereocenters. The Hall–Kier alpha value is -2.33. The molecule has 0 bridgehead atoms. The number of hydrogen-bond acceptors (Lipinski definition) is 4. The summed E-state index contributed by atoms with van der Waals surface area (Å²) in [5.74, 6) is 0.795. The van der Waals surface area contributed by atoms with Gasteiger partial charge in [0.1, 0.15) is 0 Å². The monoisotopic (exact) mass is 285 g/mol. The van der Waals surface area contributed by atoms with Gasteiger partial charge in [0.2, 0.25) is 5.88 Å². The number of halogens is 1. The van der Waals surface area contributed by atoms with Crippen LogP contribution in [0, 0.1) is 6.92 Å². The summed E-state index contributed by atoms with van der Waals surface area (Å²) in [4.78, 5) is 0. The first-order chi connectivity index (χ1) is 9.66. The van der Waals surface area contributed by atoms with Gasteiger partial charge in [-0.15, -0.1) is 5.10 Å². The Morgan fingerprint density at radius 2 is 1.75 bits per heavy atom. The number of anilines is 1. The SMILES string of the molecule is Cc1nnc(Oc2c(N)cccc2Cl)c2ccccc12. The topological polar surface area (TPSA) is 61.0 Å². The first-order valence-corrected chi connectivity index (χ1v) is 6.48. The third kappa shape index (κ3) is 2.14. The molecule has 0 aliphatic carbocycles. The molecule has 1 heterocycles. The van der Waals surface area contributed by atoms with E-state index in [9.17, 15) is 0 Å². The van der Waals surface area contributed by atoms with E-state index in [-0.39, 0.29) is 0 Å². The van der Waals surface area contributed by atoms with Crippen molar-refractivity contribution in [2.75, 3.05) is 5.73 Å². The summed E-state index contributed by atoms with van der Waals surface area (Å²) in [5, 5.41) is 10.5. The van der Waals surface area contributed by atoms with Crippen molar-refractivity contribution in [3.05, 3.63) is 53.2 Å². The Morgan fingerprint density at radius 1 is 1.00 bits per heavy atom. The number of benzene rings is 2. The average molecular weight is 286 g/mol. The van der Waals surface area contributed by atoms with Crippen LogP contribution in [0.5, 0.6) is 11.6 Å². The molecule has 1 aromatic heterocycles. The minimum absolute atomic E-state index is 0.394. The van der Waals surface area contributed by atoms with Crippen molar-refractivity contribution < 1.29 is 4.74 Å². The summed E-state index contributed by atoms with van der Waals surface area (Å²) in [6.07, 6.45) is 0. The molecule has 0 aliphatic heterocycles. The Bertz CT molecular complexity index is 769.